The molecule has 1 heterocycles. The summed E-state index contributed by atoms with van der Waals surface area (Å²) in [6.07, 6.45) is -0.448. The van der Waals surface area contributed by atoms with E-state index in [1.165, 1.54) is 0 Å². The molecule has 2 rings (SSSR count). The zero-order chi connectivity index (χ0) is 16.2. The number of amides is 1. The van der Waals surface area contributed by atoms with Crippen LogP contribution >= 0.6 is 11.3 Å². The highest BCUT2D eigenvalue weighted by atomic mass is 32.1. The molecule has 0 saturated heterocycles. The Bertz CT molecular complexity index is 617. The smallest absolute Gasteiger partial charge is 0.253 e. The molecular weight excluding hydrogens is 296 g/mol. The lowest BCUT2D eigenvalue weighted by Gasteiger charge is -2.14. The number of hydrogen-bond donors (Lipinski definition) is 2. The van der Waals surface area contributed by atoms with Gasteiger partial charge in [-0.05, 0) is 5.56 Å². The summed E-state index contributed by atoms with van der Waals surface area (Å²) in [4.78, 5) is 16.5. The predicted octanol–water partition coefficient (Wildman–Crippen LogP) is 2.83. The number of carbonyl (C=O) groups is 1. The van der Waals surface area contributed by atoms with E-state index >= 15 is 0 Å². The van der Waals surface area contributed by atoms with Gasteiger partial charge in [0, 0.05) is 23.8 Å². The van der Waals surface area contributed by atoms with E-state index in [0.717, 1.165) is 10.7 Å². The van der Waals surface area contributed by atoms with Gasteiger partial charge >= 0.3 is 0 Å². The Morgan fingerprint density at radius 2 is 2.00 bits per heavy atom. The number of thiazole rings is 1. The maximum absolute atomic E-state index is 11.9. The van der Waals surface area contributed by atoms with E-state index in [2.05, 4.69) is 36.5 Å². The lowest BCUT2D eigenvalue weighted by atomic mass is 9.93. The van der Waals surface area contributed by atoms with E-state index < -0.39 is 6.10 Å². The zero-order valence-electron chi connectivity index (χ0n) is 13.2. The van der Waals surface area contributed by atoms with Crippen LogP contribution in [0, 0.1) is 0 Å². The number of benzene rings is 1. The average Bonchev–Trinajstić information content (AvgIpc) is 2.96. The molecule has 0 fully saturated rings. The van der Waals surface area contributed by atoms with Crippen LogP contribution in [0.15, 0.2) is 35.7 Å². The molecule has 118 valence electrons. The summed E-state index contributed by atoms with van der Waals surface area (Å²) in [7, 11) is 0. The van der Waals surface area contributed by atoms with E-state index in [1.807, 2.05) is 6.07 Å². The number of aliphatic hydroxyl groups excluding tert-OH is 1. The number of aromatic nitrogens is 1. The predicted molar refractivity (Wildman–Crippen MR) is 88.9 cm³/mol. The molecule has 1 aromatic heterocycles. The molecule has 1 unspecified atom stereocenters. The van der Waals surface area contributed by atoms with E-state index in [1.54, 1.807) is 35.6 Å². The molecule has 0 aliphatic carbocycles. The van der Waals surface area contributed by atoms with Crippen LogP contribution in [-0.4, -0.2) is 22.5 Å². The second-order valence-electron chi connectivity index (χ2n) is 6.23. The van der Waals surface area contributed by atoms with E-state index in [4.69, 9.17) is 0 Å². The molecule has 0 spiro atoms. The summed E-state index contributed by atoms with van der Waals surface area (Å²) in [6, 6.07) is 8.93. The first-order valence-electron chi connectivity index (χ1n) is 7.33. The topological polar surface area (TPSA) is 62.2 Å². The molecule has 1 aromatic carbocycles. The van der Waals surface area contributed by atoms with Gasteiger partial charge in [-0.25, -0.2) is 4.98 Å². The number of nitrogens with zero attached hydrogens (tertiary/aromatic N) is 1. The molecule has 0 radical (unpaired) electrons. The second-order valence-corrected chi connectivity index (χ2v) is 7.17. The third kappa shape index (κ3) is 4.39. The molecule has 0 aliphatic rings. The standard InChI is InChI=1S/C17H22N2O2S/c1-17(2,3)13-11-22-14(19-13)9-10-18-16(21)15(20)12-7-5-4-6-8-12/h4-8,11,15,20H,9-10H2,1-3H3,(H,18,21). The van der Waals surface area contributed by atoms with Crippen molar-refractivity contribution >= 4 is 17.2 Å². The van der Waals surface area contributed by atoms with Gasteiger partial charge in [0.25, 0.3) is 5.91 Å². The molecule has 1 atom stereocenters. The Balaban J connectivity index is 1.83. The minimum atomic E-state index is -1.12. The number of carbonyl (C=O) groups excluding carboxylic acids is 1. The van der Waals surface area contributed by atoms with Crippen LogP contribution in [0.5, 0.6) is 0 Å². The van der Waals surface area contributed by atoms with E-state index in [9.17, 15) is 9.90 Å². The quantitative estimate of drug-likeness (QED) is 0.891. The van der Waals surface area contributed by atoms with Gasteiger partial charge in [-0.15, -0.1) is 11.3 Å². The van der Waals surface area contributed by atoms with Crippen LogP contribution < -0.4 is 5.32 Å². The summed E-state index contributed by atoms with van der Waals surface area (Å²) in [5.41, 5.74) is 1.72. The van der Waals surface area contributed by atoms with Gasteiger partial charge in [-0.1, -0.05) is 51.1 Å². The first-order valence-corrected chi connectivity index (χ1v) is 8.21. The fourth-order valence-corrected chi connectivity index (χ4v) is 2.97. The van der Waals surface area contributed by atoms with Crippen molar-refractivity contribution in [3.8, 4) is 0 Å². The number of hydrogen-bond acceptors (Lipinski definition) is 4. The summed E-state index contributed by atoms with van der Waals surface area (Å²) in [5, 5.41) is 15.8. The van der Waals surface area contributed by atoms with Crippen LogP contribution in [0.3, 0.4) is 0 Å². The molecule has 4 nitrogen and oxygen atoms in total. The summed E-state index contributed by atoms with van der Waals surface area (Å²) in [6.45, 7) is 6.86. The Morgan fingerprint density at radius 1 is 1.32 bits per heavy atom. The van der Waals surface area contributed by atoms with Crippen molar-refractivity contribution in [2.45, 2.75) is 38.7 Å². The minimum absolute atomic E-state index is 0.0432. The van der Waals surface area contributed by atoms with Gasteiger partial charge in [-0.3, -0.25) is 4.79 Å². The van der Waals surface area contributed by atoms with Crippen molar-refractivity contribution in [3.05, 3.63) is 52.0 Å². The van der Waals surface area contributed by atoms with E-state index in [0.29, 0.717) is 18.5 Å². The fourth-order valence-electron chi connectivity index (χ4n) is 1.95. The van der Waals surface area contributed by atoms with Gasteiger partial charge < -0.3 is 10.4 Å². The Morgan fingerprint density at radius 3 is 2.59 bits per heavy atom. The van der Waals surface area contributed by atoms with Gasteiger partial charge in [0.2, 0.25) is 0 Å². The second kappa shape index (κ2) is 7.03. The molecule has 0 bridgehead atoms. The van der Waals surface area contributed by atoms with Crippen LogP contribution in [0.4, 0.5) is 0 Å². The molecule has 22 heavy (non-hydrogen) atoms. The molecule has 2 aromatic rings. The van der Waals surface area contributed by atoms with Crippen molar-refractivity contribution in [2.75, 3.05) is 6.54 Å². The highest BCUT2D eigenvalue weighted by Gasteiger charge is 2.18. The van der Waals surface area contributed by atoms with E-state index in [-0.39, 0.29) is 11.3 Å². The Hall–Kier alpha value is -1.72. The molecule has 2 N–H and O–H groups in total. The molecule has 1 amide bonds. The van der Waals surface area contributed by atoms with Crippen molar-refractivity contribution in [1.29, 1.82) is 0 Å². The molecule has 0 aliphatic heterocycles. The van der Waals surface area contributed by atoms with Gasteiger partial charge in [0.05, 0.1) is 10.7 Å². The van der Waals surface area contributed by atoms with Crippen LogP contribution in [-0.2, 0) is 16.6 Å². The van der Waals surface area contributed by atoms with Crippen molar-refractivity contribution in [3.63, 3.8) is 0 Å². The highest BCUT2D eigenvalue weighted by Crippen LogP contribution is 2.23. The lowest BCUT2D eigenvalue weighted by Crippen LogP contribution is -2.31. The average molecular weight is 318 g/mol. The van der Waals surface area contributed by atoms with Crippen LogP contribution in [0.2, 0.25) is 0 Å². The maximum atomic E-state index is 11.9. The van der Waals surface area contributed by atoms with Gasteiger partial charge in [0.1, 0.15) is 0 Å². The largest absolute Gasteiger partial charge is 0.378 e. The molecular formula is C17H22N2O2S. The van der Waals surface area contributed by atoms with Gasteiger partial charge in [0.15, 0.2) is 6.10 Å². The van der Waals surface area contributed by atoms with Crippen molar-refractivity contribution < 1.29 is 9.90 Å². The molecule has 5 heteroatoms. The highest BCUT2D eigenvalue weighted by molar-refractivity contribution is 7.09. The maximum Gasteiger partial charge on any atom is 0.253 e. The zero-order valence-corrected chi connectivity index (χ0v) is 14.0. The Labute approximate surface area is 135 Å². The summed E-state index contributed by atoms with van der Waals surface area (Å²) >= 11 is 1.61. The minimum Gasteiger partial charge on any atom is -0.378 e. The normalized spacial score (nSPS) is 12.9. The summed E-state index contributed by atoms with van der Waals surface area (Å²) in [5.74, 6) is -0.376. The lowest BCUT2D eigenvalue weighted by molar-refractivity contribution is -0.129. The number of rotatable bonds is 5. The first-order chi connectivity index (χ1) is 10.4. The monoisotopic (exact) mass is 318 g/mol. The van der Waals surface area contributed by atoms with Crippen LogP contribution in [0.1, 0.15) is 43.1 Å². The SMILES string of the molecule is CC(C)(C)c1csc(CCNC(=O)C(O)c2ccccc2)n1. The van der Waals surface area contributed by atoms with Gasteiger partial charge in [-0.2, -0.15) is 0 Å². The van der Waals surface area contributed by atoms with Crippen molar-refractivity contribution in [2.24, 2.45) is 0 Å². The third-order valence-corrected chi connectivity index (χ3v) is 4.23. The van der Waals surface area contributed by atoms with Crippen molar-refractivity contribution in [1.82, 2.24) is 10.3 Å². The fraction of sp³-hybridized carbons (Fsp3) is 0.412. The van der Waals surface area contributed by atoms with Crippen LogP contribution in [0.25, 0.3) is 0 Å². The first kappa shape index (κ1) is 16.6. The number of aliphatic hydroxyl groups is 1. The third-order valence-electron chi connectivity index (χ3n) is 3.32. The molecule has 0 saturated carbocycles. The Kier molecular flexibility index (Phi) is 5.32. The summed E-state index contributed by atoms with van der Waals surface area (Å²) < 4.78 is 0. The number of nitrogens with one attached hydrogen (secondary N) is 1.